The second-order valence-corrected chi connectivity index (χ2v) is 9.58. The standard InChI is InChI=1S/C22H20F3NO5S/c1-11(2)31-17-10-16-15(9-18(17)32(4,29)30)19(21(27)28)12(3)20(26-16)13-6-5-7-14(8-13)22(23,24)25/h5-11H,1-4H3,(H,27,28). The number of nitrogens with zero attached hydrogens (tertiary/aromatic N) is 1. The third kappa shape index (κ3) is 4.55. The fourth-order valence-corrected chi connectivity index (χ4v) is 4.21. The summed E-state index contributed by atoms with van der Waals surface area (Å²) < 4.78 is 69.8. The topological polar surface area (TPSA) is 93.6 Å². The van der Waals surface area contributed by atoms with Crippen molar-refractivity contribution in [2.45, 2.75) is 37.9 Å². The summed E-state index contributed by atoms with van der Waals surface area (Å²) in [7, 11) is -3.78. The molecule has 170 valence electrons. The lowest BCUT2D eigenvalue weighted by Gasteiger charge is -2.17. The molecule has 0 fully saturated rings. The molecule has 0 saturated carbocycles. The Morgan fingerprint density at radius 2 is 1.81 bits per heavy atom. The molecule has 1 heterocycles. The molecular formula is C22H20F3NO5S. The van der Waals surface area contributed by atoms with Crippen molar-refractivity contribution in [1.29, 1.82) is 0 Å². The van der Waals surface area contributed by atoms with E-state index in [1.165, 1.54) is 31.2 Å². The second-order valence-electron chi connectivity index (χ2n) is 7.60. The van der Waals surface area contributed by atoms with Crippen LogP contribution in [0, 0.1) is 6.92 Å². The number of alkyl halides is 3. The first-order valence-electron chi connectivity index (χ1n) is 9.46. The lowest BCUT2D eigenvalue weighted by molar-refractivity contribution is -0.137. The van der Waals surface area contributed by atoms with Crippen molar-refractivity contribution < 1.29 is 36.2 Å². The van der Waals surface area contributed by atoms with E-state index < -0.39 is 27.5 Å². The van der Waals surface area contributed by atoms with Gasteiger partial charge in [0.2, 0.25) is 0 Å². The number of aromatic nitrogens is 1. The first kappa shape index (κ1) is 23.5. The lowest BCUT2D eigenvalue weighted by Crippen LogP contribution is -2.11. The van der Waals surface area contributed by atoms with Gasteiger partial charge in [0.25, 0.3) is 0 Å². The highest BCUT2D eigenvalue weighted by Gasteiger charge is 2.31. The number of sulfone groups is 1. The van der Waals surface area contributed by atoms with Crippen LogP contribution in [0.15, 0.2) is 41.3 Å². The maximum Gasteiger partial charge on any atom is 0.416 e. The number of carboxylic acids is 1. The van der Waals surface area contributed by atoms with E-state index in [0.717, 1.165) is 18.4 Å². The van der Waals surface area contributed by atoms with Gasteiger partial charge < -0.3 is 9.84 Å². The van der Waals surface area contributed by atoms with Crippen LogP contribution >= 0.6 is 0 Å². The number of aromatic carboxylic acids is 1. The van der Waals surface area contributed by atoms with Gasteiger partial charge in [0, 0.05) is 23.3 Å². The van der Waals surface area contributed by atoms with Gasteiger partial charge in [-0.05, 0) is 44.5 Å². The van der Waals surface area contributed by atoms with E-state index in [0.29, 0.717) is 0 Å². The van der Waals surface area contributed by atoms with Gasteiger partial charge in [-0.25, -0.2) is 18.2 Å². The van der Waals surface area contributed by atoms with Gasteiger partial charge in [0.05, 0.1) is 28.4 Å². The first-order chi connectivity index (χ1) is 14.7. The molecule has 0 amide bonds. The quantitative estimate of drug-likeness (QED) is 0.560. The maximum atomic E-state index is 13.2. The Morgan fingerprint density at radius 3 is 2.34 bits per heavy atom. The monoisotopic (exact) mass is 467 g/mol. The van der Waals surface area contributed by atoms with Gasteiger partial charge >= 0.3 is 12.1 Å². The third-order valence-corrected chi connectivity index (χ3v) is 5.85. The van der Waals surface area contributed by atoms with Gasteiger partial charge in [0.15, 0.2) is 9.84 Å². The number of fused-ring (bicyclic) bond motifs is 1. The Kier molecular flexibility index (Phi) is 5.94. The Morgan fingerprint density at radius 1 is 1.16 bits per heavy atom. The van der Waals surface area contributed by atoms with Crippen molar-refractivity contribution in [2.75, 3.05) is 6.26 Å². The van der Waals surface area contributed by atoms with Crippen molar-refractivity contribution in [2.24, 2.45) is 0 Å². The molecule has 0 atom stereocenters. The van der Waals surface area contributed by atoms with Crippen molar-refractivity contribution >= 4 is 26.7 Å². The Bertz CT molecular complexity index is 1330. The van der Waals surface area contributed by atoms with Gasteiger partial charge in [-0.1, -0.05) is 12.1 Å². The maximum absolute atomic E-state index is 13.2. The summed E-state index contributed by atoms with van der Waals surface area (Å²) in [4.78, 5) is 16.3. The number of carboxylic acid groups (broad SMARTS) is 1. The highest BCUT2D eigenvalue weighted by atomic mass is 32.2. The van der Waals surface area contributed by atoms with Gasteiger partial charge in [-0.3, -0.25) is 0 Å². The Hall–Kier alpha value is -3.14. The normalized spacial score (nSPS) is 12.4. The highest BCUT2D eigenvalue weighted by molar-refractivity contribution is 7.90. The van der Waals surface area contributed by atoms with E-state index in [4.69, 9.17) is 4.74 Å². The molecule has 6 nitrogen and oxygen atoms in total. The average molecular weight is 467 g/mol. The number of ether oxygens (including phenoxy) is 1. The molecule has 0 aliphatic rings. The molecule has 32 heavy (non-hydrogen) atoms. The van der Waals surface area contributed by atoms with E-state index in [2.05, 4.69) is 4.98 Å². The van der Waals surface area contributed by atoms with E-state index in [1.807, 2.05) is 0 Å². The SMILES string of the molecule is Cc1c(-c2cccc(C(F)(F)F)c2)nc2cc(OC(C)C)c(S(C)(=O)=O)cc2c1C(=O)O. The number of benzene rings is 2. The zero-order chi connectivity index (χ0) is 24.0. The minimum Gasteiger partial charge on any atom is -0.490 e. The summed E-state index contributed by atoms with van der Waals surface area (Å²) in [5, 5.41) is 9.88. The molecule has 0 saturated heterocycles. The van der Waals surface area contributed by atoms with Crippen LogP contribution in [0.25, 0.3) is 22.2 Å². The first-order valence-corrected chi connectivity index (χ1v) is 11.3. The number of hydrogen-bond acceptors (Lipinski definition) is 5. The van der Waals surface area contributed by atoms with E-state index in [1.54, 1.807) is 13.8 Å². The molecule has 0 spiro atoms. The summed E-state index contributed by atoms with van der Waals surface area (Å²) in [5.41, 5.74) is -0.818. The number of carbonyl (C=O) groups is 1. The molecule has 3 aromatic rings. The van der Waals surface area contributed by atoms with Gasteiger partial charge in [-0.2, -0.15) is 13.2 Å². The van der Waals surface area contributed by atoms with Crippen molar-refractivity contribution in [3.63, 3.8) is 0 Å². The summed E-state index contributed by atoms with van der Waals surface area (Å²) >= 11 is 0. The van der Waals surface area contributed by atoms with Crippen LogP contribution in [-0.2, 0) is 16.0 Å². The zero-order valence-corrected chi connectivity index (χ0v) is 18.4. The fourth-order valence-electron chi connectivity index (χ4n) is 3.40. The molecule has 0 aliphatic heterocycles. The third-order valence-electron chi connectivity index (χ3n) is 4.73. The van der Waals surface area contributed by atoms with E-state index in [9.17, 15) is 31.5 Å². The summed E-state index contributed by atoms with van der Waals surface area (Å²) in [6.45, 7) is 4.80. The molecular weight excluding hydrogens is 447 g/mol. The summed E-state index contributed by atoms with van der Waals surface area (Å²) in [6, 6.07) is 6.90. The van der Waals surface area contributed by atoms with Crippen molar-refractivity contribution in [3.8, 4) is 17.0 Å². The Balaban J connectivity index is 2.41. The number of rotatable bonds is 5. The Labute approximate surface area is 182 Å². The van der Waals surface area contributed by atoms with Gasteiger partial charge in [-0.15, -0.1) is 0 Å². The summed E-state index contributed by atoms with van der Waals surface area (Å²) in [6.07, 6.45) is -4.00. The molecule has 0 aliphatic carbocycles. The number of halogens is 3. The highest BCUT2D eigenvalue weighted by Crippen LogP contribution is 2.37. The smallest absolute Gasteiger partial charge is 0.416 e. The van der Waals surface area contributed by atoms with Crippen molar-refractivity contribution in [1.82, 2.24) is 4.98 Å². The predicted octanol–water partition coefficient (Wildman–Crippen LogP) is 5.12. The molecule has 0 unspecified atom stereocenters. The van der Waals surface area contributed by atoms with Crippen LogP contribution in [0.1, 0.15) is 35.3 Å². The van der Waals surface area contributed by atoms with Crippen LogP contribution in [-0.4, -0.2) is 36.8 Å². The predicted molar refractivity (Wildman–Crippen MR) is 113 cm³/mol. The van der Waals surface area contributed by atoms with Crippen LogP contribution in [0.2, 0.25) is 0 Å². The minimum atomic E-state index is -4.58. The summed E-state index contributed by atoms with van der Waals surface area (Å²) in [5.74, 6) is -1.38. The van der Waals surface area contributed by atoms with Crippen LogP contribution in [0.3, 0.4) is 0 Å². The van der Waals surface area contributed by atoms with Crippen molar-refractivity contribution in [3.05, 3.63) is 53.1 Å². The molecule has 0 radical (unpaired) electrons. The largest absolute Gasteiger partial charge is 0.490 e. The van der Waals surface area contributed by atoms with Crippen LogP contribution in [0.5, 0.6) is 5.75 Å². The minimum absolute atomic E-state index is 0.0160. The molecule has 0 bridgehead atoms. The van der Waals surface area contributed by atoms with Crippen LogP contribution in [0.4, 0.5) is 13.2 Å². The number of hydrogen-bond donors (Lipinski definition) is 1. The average Bonchev–Trinajstić information content (AvgIpc) is 2.65. The van der Waals surface area contributed by atoms with Gasteiger partial charge in [0.1, 0.15) is 10.6 Å². The second kappa shape index (κ2) is 8.09. The number of pyridine rings is 1. The van der Waals surface area contributed by atoms with E-state index in [-0.39, 0.29) is 50.0 Å². The molecule has 2 aromatic carbocycles. The lowest BCUT2D eigenvalue weighted by atomic mass is 9.96. The zero-order valence-electron chi connectivity index (χ0n) is 17.6. The van der Waals surface area contributed by atoms with Crippen LogP contribution < -0.4 is 4.74 Å². The molecule has 1 N–H and O–H groups in total. The fraction of sp³-hybridized carbons (Fsp3) is 0.273. The molecule has 10 heteroatoms. The van der Waals surface area contributed by atoms with E-state index >= 15 is 0 Å². The molecule has 3 rings (SSSR count). The molecule has 1 aromatic heterocycles.